The van der Waals surface area contributed by atoms with E-state index in [9.17, 15) is 4.79 Å². The first-order valence-electron chi connectivity index (χ1n) is 8.87. The molecule has 0 bridgehead atoms. The Morgan fingerprint density at radius 3 is 2.85 bits per heavy atom. The summed E-state index contributed by atoms with van der Waals surface area (Å²) in [4.78, 5) is 16.7. The lowest BCUT2D eigenvalue weighted by atomic mass is 10.1. The predicted molar refractivity (Wildman–Crippen MR) is 101 cm³/mol. The van der Waals surface area contributed by atoms with E-state index in [1.54, 1.807) is 19.5 Å². The molecule has 0 unspecified atom stereocenters. The molecule has 0 aliphatic carbocycles. The molecule has 27 heavy (non-hydrogen) atoms. The van der Waals surface area contributed by atoms with E-state index in [-0.39, 0.29) is 5.91 Å². The molecule has 138 valence electrons. The number of methoxy groups -OCH3 is 1. The first kappa shape index (κ1) is 17.2. The fourth-order valence-electron chi connectivity index (χ4n) is 3.12. The first-order valence-corrected chi connectivity index (χ1v) is 8.87. The van der Waals surface area contributed by atoms with Gasteiger partial charge in [0.15, 0.2) is 0 Å². The van der Waals surface area contributed by atoms with Gasteiger partial charge in [-0.3, -0.25) is 14.5 Å². The highest BCUT2D eigenvalue weighted by molar-refractivity contribution is 5.95. The van der Waals surface area contributed by atoms with Crippen molar-refractivity contribution in [2.24, 2.45) is 0 Å². The standard InChI is InChI=1S/C20H21N5O2/c1-27-19-4-2-14(3-5-19)15-8-16(11-22-10-15)20(26)23-12-17-9-18-13-21-6-7-25(18)24-17/h2-5,8-11,21H,6-7,12-13H2,1H3,(H,23,26). The molecule has 0 saturated heterocycles. The number of hydrogen-bond acceptors (Lipinski definition) is 5. The fraction of sp³-hybridized carbons (Fsp3) is 0.250. The van der Waals surface area contributed by atoms with Crippen LogP contribution in [0.2, 0.25) is 0 Å². The number of carbonyl (C=O) groups is 1. The van der Waals surface area contributed by atoms with Gasteiger partial charge in [-0.1, -0.05) is 12.1 Å². The van der Waals surface area contributed by atoms with Crippen molar-refractivity contribution in [1.29, 1.82) is 0 Å². The van der Waals surface area contributed by atoms with E-state index in [0.29, 0.717) is 12.1 Å². The summed E-state index contributed by atoms with van der Waals surface area (Å²) >= 11 is 0. The Hall–Kier alpha value is -3.19. The van der Waals surface area contributed by atoms with E-state index in [2.05, 4.69) is 20.7 Å². The molecule has 0 atom stereocenters. The summed E-state index contributed by atoms with van der Waals surface area (Å²) in [5.74, 6) is 0.625. The smallest absolute Gasteiger partial charge is 0.253 e. The summed E-state index contributed by atoms with van der Waals surface area (Å²) in [5.41, 5.74) is 4.39. The minimum atomic E-state index is -0.165. The summed E-state index contributed by atoms with van der Waals surface area (Å²) in [5, 5.41) is 10.8. The van der Waals surface area contributed by atoms with Gasteiger partial charge in [-0.2, -0.15) is 5.10 Å². The zero-order valence-electron chi connectivity index (χ0n) is 15.1. The number of ether oxygens (including phenoxy) is 1. The van der Waals surface area contributed by atoms with Crippen LogP contribution in [-0.4, -0.2) is 34.3 Å². The van der Waals surface area contributed by atoms with Crippen LogP contribution in [-0.2, 0) is 19.6 Å². The van der Waals surface area contributed by atoms with Gasteiger partial charge in [0.1, 0.15) is 5.75 Å². The van der Waals surface area contributed by atoms with Crippen LogP contribution in [0.25, 0.3) is 11.1 Å². The SMILES string of the molecule is COc1ccc(-c2cncc(C(=O)NCc3cc4n(n3)CCNC4)c2)cc1. The van der Waals surface area contributed by atoms with Crippen LogP contribution in [0.4, 0.5) is 0 Å². The Labute approximate surface area is 157 Å². The molecule has 0 fully saturated rings. The maximum absolute atomic E-state index is 12.5. The van der Waals surface area contributed by atoms with Crippen molar-refractivity contribution in [3.63, 3.8) is 0 Å². The third kappa shape index (κ3) is 3.83. The highest BCUT2D eigenvalue weighted by atomic mass is 16.5. The lowest BCUT2D eigenvalue weighted by Gasteiger charge is -2.13. The van der Waals surface area contributed by atoms with Gasteiger partial charge in [-0.05, 0) is 29.8 Å². The maximum atomic E-state index is 12.5. The number of pyridine rings is 1. The Kier molecular flexibility index (Phi) is 4.84. The number of benzene rings is 1. The molecule has 3 aromatic rings. The van der Waals surface area contributed by atoms with Crippen molar-refractivity contribution in [3.05, 3.63) is 65.7 Å². The van der Waals surface area contributed by atoms with Crippen molar-refractivity contribution in [3.8, 4) is 16.9 Å². The number of rotatable bonds is 5. The van der Waals surface area contributed by atoms with E-state index in [4.69, 9.17) is 4.74 Å². The number of nitrogens with one attached hydrogen (secondary N) is 2. The third-order valence-electron chi connectivity index (χ3n) is 4.57. The summed E-state index contributed by atoms with van der Waals surface area (Å²) in [7, 11) is 1.63. The Bertz CT molecular complexity index is 926. The maximum Gasteiger partial charge on any atom is 0.253 e. The molecule has 1 aliphatic rings. The second-order valence-corrected chi connectivity index (χ2v) is 6.40. The van der Waals surface area contributed by atoms with Crippen molar-refractivity contribution >= 4 is 5.91 Å². The summed E-state index contributed by atoms with van der Waals surface area (Å²) in [6.07, 6.45) is 3.32. The number of aromatic nitrogens is 3. The van der Waals surface area contributed by atoms with Gasteiger partial charge < -0.3 is 15.4 Å². The van der Waals surface area contributed by atoms with Crippen LogP contribution < -0.4 is 15.4 Å². The van der Waals surface area contributed by atoms with Gasteiger partial charge in [-0.25, -0.2) is 0 Å². The molecule has 2 N–H and O–H groups in total. The number of nitrogens with zero attached hydrogens (tertiary/aromatic N) is 3. The van der Waals surface area contributed by atoms with Gasteiger partial charge in [0.05, 0.1) is 37.2 Å². The second kappa shape index (κ2) is 7.59. The van der Waals surface area contributed by atoms with Crippen LogP contribution in [0.1, 0.15) is 21.7 Å². The van der Waals surface area contributed by atoms with Crippen LogP contribution in [0.5, 0.6) is 5.75 Å². The molecule has 1 aliphatic heterocycles. The van der Waals surface area contributed by atoms with E-state index in [1.807, 2.05) is 41.1 Å². The number of hydrogen-bond donors (Lipinski definition) is 2. The molecule has 0 spiro atoms. The van der Waals surface area contributed by atoms with E-state index < -0.39 is 0 Å². The summed E-state index contributed by atoms with van der Waals surface area (Å²) in [6, 6.07) is 11.5. The lowest BCUT2D eigenvalue weighted by molar-refractivity contribution is 0.0950. The van der Waals surface area contributed by atoms with Gasteiger partial charge in [0.2, 0.25) is 0 Å². The highest BCUT2D eigenvalue weighted by Crippen LogP contribution is 2.22. The van der Waals surface area contributed by atoms with Crippen molar-refractivity contribution in [1.82, 2.24) is 25.4 Å². The predicted octanol–water partition coefficient (Wildman–Crippen LogP) is 1.99. The van der Waals surface area contributed by atoms with Gasteiger partial charge in [-0.15, -0.1) is 0 Å². The third-order valence-corrected chi connectivity index (χ3v) is 4.57. The average Bonchev–Trinajstić information content (AvgIpc) is 3.15. The second-order valence-electron chi connectivity index (χ2n) is 6.40. The molecule has 0 radical (unpaired) electrons. The zero-order chi connectivity index (χ0) is 18.6. The summed E-state index contributed by atoms with van der Waals surface area (Å²) in [6.45, 7) is 2.99. The Morgan fingerprint density at radius 2 is 2.07 bits per heavy atom. The van der Waals surface area contributed by atoms with Crippen LogP contribution >= 0.6 is 0 Å². The van der Waals surface area contributed by atoms with Crippen LogP contribution in [0.15, 0.2) is 48.8 Å². The average molecular weight is 363 g/mol. The molecule has 7 nitrogen and oxygen atoms in total. The number of fused-ring (bicyclic) bond motifs is 1. The molecule has 3 heterocycles. The quantitative estimate of drug-likeness (QED) is 0.725. The Morgan fingerprint density at radius 1 is 1.22 bits per heavy atom. The lowest BCUT2D eigenvalue weighted by Crippen LogP contribution is -2.28. The molecule has 7 heteroatoms. The monoisotopic (exact) mass is 363 g/mol. The molecule has 0 saturated carbocycles. The normalized spacial score (nSPS) is 13.1. The Balaban J connectivity index is 1.44. The number of carbonyl (C=O) groups excluding carboxylic acids is 1. The zero-order valence-corrected chi connectivity index (χ0v) is 15.1. The molecular formula is C20H21N5O2. The minimum Gasteiger partial charge on any atom is -0.497 e. The summed E-state index contributed by atoms with van der Waals surface area (Å²) < 4.78 is 7.17. The molecular weight excluding hydrogens is 342 g/mol. The fourth-order valence-corrected chi connectivity index (χ4v) is 3.12. The molecule has 1 aromatic carbocycles. The molecule has 4 rings (SSSR count). The van der Waals surface area contributed by atoms with E-state index in [1.165, 1.54) is 0 Å². The molecule has 1 amide bonds. The van der Waals surface area contributed by atoms with Crippen LogP contribution in [0.3, 0.4) is 0 Å². The van der Waals surface area contributed by atoms with Crippen LogP contribution in [0, 0.1) is 0 Å². The van der Waals surface area contributed by atoms with Crippen molar-refractivity contribution < 1.29 is 9.53 Å². The van der Waals surface area contributed by atoms with Gasteiger partial charge in [0, 0.05) is 31.0 Å². The molecule has 2 aromatic heterocycles. The number of amides is 1. The highest BCUT2D eigenvalue weighted by Gasteiger charge is 2.13. The van der Waals surface area contributed by atoms with Gasteiger partial charge in [0.25, 0.3) is 5.91 Å². The van der Waals surface area contributed by atoms with E-state index >= 15 is 0 Å². The van der Waals surface area contributed by atoms with E-state index in [0.717, 1.165) is 47.9 Å². The van der Waals surface area contributed by atoms with Crippen molar-refractivity contribution in [2.75, 3.05) is 13.7 Å². The van der Waals surface area contributed by atoms with Crippen molar-refractivity contribution in [2.45, 2.75) is 19.6 Å². The minimum absolute atomic E-state index is 0.165. The topological polar surface area (TPSA) is 81.1 Å². The largest absolute Gasteiger partial charge is 0.497 e. The van der Waals surface area contributed by atoms with Gasteiger partial charge >= 0.3 is 0 Å². The first-order chi connectivity index (χ1) is 13.2.